The molecule has 1 N–H and O–H groups in total. The van der Waals surface area contributed by atoms with Crippen LogP contribution < -0.4 is 5.32 Å². The average molecular weight is 286 g/mol. The van der Waals surface area contributed by atoms with Gasteiger partial charge in [-0.25, -0.2) is 14.4 Å². The molecule has 0 saturated carbocycles. The molecule has 0 radical (unpaired) electrons. The summed E-state index contributed by atoms with van der Waals surface area (Å²) in [6.07, 6.45) is 7.28. The van der Waals surface area contributed by atoms with E-state index in [-0.39, 0.29) is 11.9 Å². The van der Waals surface area contributed by atoms with Gasteiger partial charge in [-0.15, -0.1) is 0 Å². The fraction of sp³-hybridized carbons (Fsp3) is 0.438. The second-order valence-electron chi connectivity index (χ2n) is 5.55. The molecule has 110 valence electrons. The topological polar surface area (TPSA) is 50.7 Å². The van der Waals surface area contributed by atoms with Crippen LogP contribution in [-0.4, -0.2) is 15.0 Å². The van der Waals surface area contributed by atoms with Crippen LogP contribution >= 0.6 is 0 Å². The molecule has 2 aromatic heterocycles. The van der Waals surface area contributed by atoms with Crippen LogP contribution in [0.25, 0.3) is 0 Å². The number of fused-ring (bicyclic) bond motifs is 1. The lowest BCUT2D eigenvalue weighted by atomic mass is 9.96. The van der Waals surface area contributed by atoms with Crippen molar-refractivity contribution in [2.45, 2.75) is 45.6 Å². The van der Waals surface area contributed by atoms with Crippen LogP contribution in [0.4, 0.5) is 10.2 Å². The minimum Gasteiger partial charge on any atom is -0.363 e. The molecule has 5 heteroatoms. The maximum Gasteiger partial charge on any atom is 0.141 e. The Morgan fingerprint density at radius 1 is 1.19 bits per heavy atom. The smallest absolute Gasteiger partial charge is 0.141 e. The number of halogens is 1. The van der Waals surface area contributed by atoms with Crippen molar-refractivity contribution < 1.29 is 4.39 Å². The molecule has 0 spiro atoms. The number of anilines is 1. The summed E-state index contributed by atoms with van der Waals surface area (Å²) in [6.45, 7) is 3.90. The number of rotatable bonds is 3. The molecular formula is C16H19FN4. The summed E-state index contributed by atoms with van der Waals surface area (Å²) in [5, 5.41) is 3.40. The van der Waals surface area contributed by atoms with E-state index in [9.17, 15) is 4.39 Å². The van der Waals surface area contributed by atoms with Gasteiger partial charge in [0.2, 0.25) is 0 Å². The van der Waals surface area contributed by atoms with Crippen molar-refractivity contribution in [1.82, 2.24) is 15.0 Å². The van der Waals surface area contributed by atoms with Gasteiger partial charge in [0, 0.05) is 17.5 Å². The standard InChI is InChI=1S/C16H19FN4/c1-10(12-7-13(17)9-18-8-12)19-16-14-5-3-4-6-15(14)20-11(2)21-16/h7-10H,3-6H2,1-2H3,(H,19,20,21). The van der Waals surface area contributed by atoms with Gasteiger partial charge in [-0.1, -0.05) is 0 Å². The van der Waals surface area contributed by atoms with Gasteiger partial charge in [0.1, 0.15) is 17.5 Å². The van der Waals surface area contributed by atoms with Gasteiger partial charge in [-0.3, -0.25) is 4.98 Å². The first-order chi connectivity index (χ1) is 10.1. The summed E-state index contributed by atoms with van der Waals surface area (Å²) < 4.78 is 13.3. The maximum absolute atomic E-state index is 13.3. The Bertz CT molecular complexity index is 657. The van der Waals surface area contributed by atoms with Gasteiger partial charge < -0.3 is 5.32 Å². The fourth-order valence-electron chi connectivity index (χ4n) is 2.79. The summed E-state index contributed by atoms with van der Waals surface area (Å²) in [5.74, 6) is 1.35. The molecule has 1 unspecified atom stereocenters. The Balaban J connectivity index is 1.89. The second kappa shape index (κ2) is 5.76. The third-order valence-electron chi connectivity index (χ3n) is 3.87. The van der Waals surface area contributed by atoms with E-state index in [2.05, 4.69) is 20.3 Å². The lowest BCUT2D eigenvalue weighted by molar-refractivity contribution is 0.616. The van der Waals surface area contributed by atoms with Crippen molar-refractivity contribution in [2.24, 2.45) is 0 Å². The summed E-state index contributed by atoms with van der Waals surface area (Å²) in [7, 11) is 0. The fourth-order valence-corrected chi connectivity index (χ4v) is 2.79. The van der Waals surface area contributed by atoms with E-state index in [0.717, 1.165) is 35.7 Å². The number of nitrogens with one attached hydrogen (secondary N) is 1. The van der Waals surface area contributed by atoms with Crippen molar-refractivity contribution in [3.8, 4) is 0 Å². The molecule has 3 rings (SSSR count). The Labute approximate surface area is 123 Å². The van der Waals surface area contributed by atoms with Crippen molar-refractivity contribution in [1.29, 1.82) is 0 Å². The van der Waals surface area contributed by atoms with E-state index in [1.807, 2.05) is 13.8 Å². The molecule has 0 saturated heterocycles. The maximum atomic E-state index is 13.3. The molecule has 1 aliphatic rings. The van der Waals surface area contributed by atoms with E-state index < -0.39 is 0 Å². The average Bonchev–Trinajstić information content (AvgIpc) is 2.47. The summed E-state index contributed by atoms with van der Waals surface area (Å²) >= 11 is 0. The Morgan fingerprint density at radius 2 is 2.00 bits per heavy atom. The zero-order valence-electron chi connectivity index (χ0n) is 12.4. The number of nitrogens with zero attached hydrogens (tertiary/aromatic N) is 3. The first-order valence-corrected chi connectivity index (χ1v) is 7.37. The van der Waals surface area contributed by atoms with Crippen molar-refractivity contribution in [3.05, 3.63) is 46.9 Å². The number of pyridine rings is 1. The van der Waals surface area contributed by atoms with Crippen LogP contribution in [0.5, 0.6) is 0 Å². The number of aromatic nitrogens is 3. The van der Waals surface area contributed by atoms with Gasteiger partial charge in [0.05, 0.1) is 12.2 Å². The van der Waals surface area contributed by atoms with Gasteiger partial charge >= 0.3 is 0 Å². The Kier molecular flexibility index (Phi) is 3.82. The molecule has 0 fully saturated rings. The highest BCUT2D eigenvalue weighted by atomic mass is 19.1. The predicted octanol–water partition coefficient (Wildman–Crippen LogP) is 3.37. The van der Waals surface area contributed by atoms with E-state index >= 15 is 0 Å². The minimum atomic E-state index is -0.318. The van der Waals surface area contributed by atoms with Crippen LogP contribution in [-0.2, 0) is 12.8 Å². The quantitative estimate of drug-likeness (QED) is 0.940. The lowest BCUT2D eigenvalue weighted by Gasteiger charge is -2.22. The van der Waals surface area contributed by atoms with Crippen molar-refractivity contribution in [3.63, 3.8) is 0 Å². The number of aryl methyl sites for hydroxylation is 2. The molecule has 2 heterocycles. The highest BCUT2D eigenvalue weighted by Gasteiger charge is 2.18. The molecule has 4 nitrogen and oxygen atoms in total. The normalized spacial score (nSPS) is 15.4. The van der Waals surface area contributed by atoms with E-state index in [1.54, 1.807) is 6.20 Å². The summed E-state index contributed by atoms with van der Waals surface area (Å²) in [5.41, 5.74) is 3.18. The van der Waals surface area contributed by atoms with Crippen LogP contribution in [0.2, 0.25) is 0 Å². The van der Waals surface area contributed by atoms with Crippen molar-refractivity contribution >= 4 is 5.82 Å². The van der Waals surface area contributed by atoms with Gasteiger partial charge in [0.15, 0.2) is 0 Å². The van der Waals surface area contributed by atoms with Crippen LogP contribution in [0.3, 0.4) is 0 Å². The molecule has 1 aliphatic carbocycles. The van der Waals surface area contributed by atoms with Gasteiger partial charge in [-0.05, 0) is 51.2 Å². The molecule has 0 amide bonds. The van der Waals surface area contributed by atoms with Gasteiger partial charge in [0.25, 0.3) is 0 Å². The van der Waals surface area contributed by atoms with Crippen LogP contribution in [0.1, 0.15) is 48.5 Å². The molecular weight excluding hydrogens is 267 g/mol. The first kappa shape index (κ1) is 13.9. The zero-order chi connectivity index (χ0) is 14.8. The summed E-state index contributed by atoms with van der Waals surface area (Å²) in [6, 6.07) is 1.46. The molecule has 1 atom stereocenters. The molecule has 0 bridgehead atoms. The van der Waals surface area contributed by atoms with Gasteiger partial charge in [-0.2, -0.15) is 0 Å². The molecule has 2 aromatic rings. The summed E-state index contributed by atoms with van der Waals surface area (Å²) in [4.78, 5) is 13.0. The largest absolute Gasteiger partial charge is 0.363 e. The zero-order valence-corrected chi connectivity index (χ0v) is 12.4. The predicted molar refractivity (Wildman–Crippen MR) is 79.6 cm³/mol. The monoisotopic (exact) mass is 286 g/mol. The molecule has 0 aliphatic heterocycles. The third kappa shape index (κ3) is 3.01. The van der Waals surface area contributed by atoms with E-state index in [0.29, 0.717) is 0 Å². The number of hydrogen-bond donors (Lipinski definition) is 1. The number of hydrogen-bond acceptors (Lipinski definition) is 4. The second-order valence-corrected chi connectivity index (χ2v) is 5.55. The Morgan fingerprint density at radius 3 is 2.81 bits per heavy atom. The first-order valence-electron chi connectivity index (χ1n) is 7.37. The molecule has 21 heavy (non-hydrogen) atoms. The van der Waals surface area contributed by atoms with Crippen LogP contribution in [0, 0.1) is 12.7 Å². The molecule has 0 aromatic carbocycles. The minimum absolute atomic E-state index is 0.0477. The van der Waals surface area contributed by atoms with Crippen LogP contribution in [0.15, 0.2) is 18.5 Å². The highest BCUT2D eigenvalue weighted by Crippen LogP contribution is 2.28. The van der Waals surface area contributed by atoms with Crippen molar-refractivity contribution in [2.75, 3.05) is 5.32 Å². The Hall–Kier alpha value is -2.04. The third-order valence-corrected chi connectivity index (χ3v) is 3.87. The van der Waals surface area contributed by atoms with E-state index in [1.165, 1.54) is 30.7 Å². The highest BCUT2D eigenvalue weighted by molar-refractivity contribution is 5.49. The SMILES string of the molecule is Cc1nc2c(c(NC(C)c3cncc(F)c3)n1)CCCC2. The van der Waals surface area contributed by atoms with E-state index in [4.69, 9.17) is 0 Å². The lowest BCUT2D eigenvalue weighted by Crippen LogP contribution is -2.16.